The smallest absolute Gasteiger partial charge is 0.357 e. The number of alkyl halides is 3. The Morgan fingerprint density at radius 1 is 1.14 bits per heavy atom. The molecule has 3 aliphatic rings. The third-order valence-corrected chi connectivity index (χ3v) is 9.10. The minimum atomic E-state index is -4.49. The maximum absolute atomic E-state index is 13.7. The molecular formula is C31H38F3N8O+. The van der Waals surface area contributed by atoms with Crippen LogP contribution in [0.2, 0.25) is 0 Å². The molecule has 0 spiro atoms. The fourth-order valence-electron chi connectivity index (χ4n) is 6.78. The summed E-state index contributed by atoms with van der Waals surface area (Å²) in [7, 11) is 0. The molecule has 228 valence electrons. The number of nitrogens with one attached hydrogen (secondary N) is 2. The number of fused-ring (bicyclic) bond motifs is 3. The molecule has 9 nitrogen and oxygen atoms in total. The predicted octanol–water partition coefficient (Wildman–Crippen LogP) is 3.05. The highest BCUT2D eigenvalue weighted by molar-refractivity contribution is 5.85. The van der Waals surface area contributed by atoms with Gasteiger partial charge in [0.1, 0.15) is 49.3 Å². The molecule has 0 saturated carbocycles. The van der Waals surface area contributed by atoms with Gasteiger partial charge in [0.15, 0.2) is 0 Å². The average Bonchev–Trinajstić information content (AvgIpc) is 3.32. The highest BCUT2D eigenvalue weighted by Crippen LogP contribution is 2.37. The summed E-state index contributed by atoms with van der Waals surface area (Å²) < 4.78 is 51.0. The van der Waals surface area contributed by atoms with Gasteiger partial charge in [-0.2, -0.15) is 13.2 Å². The second-order valence-electron chi connectivity index (χ2n) is 12.2. The van der Waals surface area contributed by atoms with E-state index in [2.05, 4.69) is 71.9 Å². The van der Waals surface area contributed by atoms with Crippen molar-refractivity contribution in [3.05, 3.63) is 77.1 Å². The normalized spacial score (nSPS) is 24.5. The van der Waals surface area contributed by atoms with Gasteiger partial charge in [-0.1, -0.05) is 17.7 Å². The number of pyridine rings is 1. The van der Waals surface area contributed by atoms with E-state index in [1.54, 1.807) is 6.07 Å². The number of halogens is 3. The van der Waals surface area contributed by atoms with E-state index in [-0.39, 0.29) is 30.0 Å². The van der Waals surface area contributed by atoms with Crippen LogP contribution in [-0.2, 0) is 30.4 Å². The molecule has 4 unspecified atom stereocenters. The molecule has 4 atom stereocenters. The van der Waals surface area contributed by atoms with Crippen molar-refractivity contribution >= 4 is 16.7 Å². The lowest BCUT2D eigenvalue weighted by atomic mass is 9.95. The van der Waals surface area contributed by atoms with Crippen molar-refractivity contribution in [2.75, 3.05) is 37.6 Å². The van der Waals surface area contributed by atoms with Crippen LogP contribution in [0.5, 0.6) is 0 Å². The number of nitrogens with two attached hydrogens (primary N) is 1. The molecule has 0 amide bonds. The Bertz CT molecular complexity index is 1630. The monoisotopic (exact) mass is 595 g/mol. The number of imidazole rings is 1. The first-order valence-corrected chi connectivity index (χ1v) is 15.0. The first-order valence-electron chi connectivity index (χ1n) is 15.0. The lowest BCUT2D eigenvalue weighted by Gasteiger charge is -2.43. The highest BCUT2D eigenvalue weighted by Gasteiger charge is 2.39. The van der Waals surface area contributed by atoms with E-state index in [1.807, 2.05) is 6.20 Å². The summed E-state index contributed by atoms with van der Waals surface area (Å²) in [5.74, 6) is 0.381. The number of ether oxygens (including phenoxy) is 1. The molecule has 0 aliphatic carbocycles. The van der Waals surface area contributed by atoms with Crippen molar-refractivity contribution < 1.29 is 22.5 Å². The Hall–Kier alpha value is -3.45. The Balaban J connectivity index is 1.19. The Morgan fingerprint density at radius 2 is 1.98 bits per heavy atom. The van der Waals surface area contributed by atoms with Crippen molar-refractivity contribution in [2.45, 2.75) is 63.9 Å². The number of benzene rings is 1. The topological polar surface area (TPSA) is 94.5 Å². The molecule has 7 rings (SSSR count). The molecule has 1 aromatic carbocycles. The summed E-state index contributed by atoms with van der Waals surface area (Å²) in [4.78, 5) is 12.4. The number of H-pyrrole nitrogens is 1. The van der Waals surface area contributed by atoms with Gasteiger partial charge in [0.25, 0.3) is 0 Å². The van der Waals surface area contributed by atoms with E-state index in [0.717, 1.165) is 25.0 Å². The molecule has 0 bridgehead atoms. The maximum Gasteiger partial charge on any atom is 0.433 e. The second-order valence-corrected chi connectivity index (χ2v) is 12.2. The van der Waals surface area contributed by atoms with Gasteiger partial charge < -0.3 is 25.7 Å². The van der Waals surface area contributed by atoms with Gasteiger partial charge in [0.2, 0.25) is 6.33 Å². The summed E-state index contributed by atoms with van der Waals surface area (Å²) >= 11 is 0. The van der Waals surface area contributed by atoms with Crippen LogP contribution in [-0.4, -0.2) is 70.5 Å². The average molecular weight is 596 g/mol. The largest absolute Gasteiger partial charge is 0.433 e. The standard InChI is InChI=1S/C31H38F3N8O/c1-19-3-5-24-23(13-19)22-7-9-41(25(28(22)37-24)16-39-11-12-40(18-39)17-26-30(35)43-26)15-21-14-36-8-10-42(21)27-6-4-20(2)29(38-27)31(32,33)34/h3-6,11-13,18,21,25-26,30,36-37H,7-10,14-17,35H2,1-2H3/q+1. The van der Waals surface area contributed by atoms with E-state index in [1.165, 1.54) is 35.2 Å². The number of nitrogens with zero attached hydrogens (tertiary/aromatic N) is 5. The van der Waals surface area contributed by atoms with Crippen LogP contribution < -0.4 is 20.5 Å². The summed E-state index contributed by atoms with van der Waals surface area (Å²) in [6.07, 6.45) is 2.49. The zero-order chi connectivity index (χ0) is 29.9. The second kappa shape index (κ2) is 10.9. The zero-order valence-electron chi connectivity index (χ0n) is 24.4. The number of rotatable bonds is 7. The van der Waals surface area contributed by atoms with Crippen molar-refractivity contribution in [2.24, 2.45) is 5.73 Å². The third kappa shape index (κ3) is 5.64. The summed E-state index contributed by atoms with van der Waals surface area (Å²) in [6, 6.07) is 9.82. The van der Waals surface area contributed by atoms with Crippen LogP contribution >= 0.6 is 0 Å². The van der Waals surface area contributed by atoms with Crippen LogP contribution in [0.15, 0.2) is 49.1 Å². The van der Waals surface area contributed by atoms with Crippen LogP contribution in [0, 0.1) is 13.8 Å². The lowest BCUT2D eigenvalue weighted by molar-refractivity contribution is -0.697. The molecular weight excluding hydrogens is 557 g/mol. The molecule has 6 heterocycles. The molecule has 4 N–H and O–H groups in total. The van der Waals surface area contributed by atoms with Crippen LogP contribution in [0.4, 0.5) is 19.0 Å². The van der Waals surface area contributed by atoms with E-state index in [4.69, 9.17) is 10.5 Å². The fraction of sp³-hybridized carbons (Fsp3) is 0.484. The number of anilines is 1. The number of piperazine rings is 1. The predicted molar refractivity (Wildman–Crippen MR) is 157 cm³/mol. The fourth-order valence-corrected chi connectivity index (χ4v) is 6.78. The van der Waals surface area contributed by atoms with Gasteiger partial charge in [-0.25, -0.2) is 14.1 Å². The van der Waals surface area contributed by atoms with Gasteiger partial charge in [-0.15, -0.1) is 0 Å². The summed E-state index contributed by atoms with van der Waals surface area (Å²) in [5.41, 5.74) is 10.1. The molecule has 43 heavy (non-hydrogen) atoms. The number of aromatic amines is 1. The van der Waals surface area contributed by atoms with Crippen LogP contribution in [0.25, 0.3) is 10.9 Å². The Labute approximate surface area is 248 Å². The minimum Gasteiger partial charge on any atom is -0.357 e. The van der Waals surface area contributed by atoms with E-state index in [9.17, 15) is 13.2 Å². The number of aromatic nitrogens is 4. The van der Waals surface area contributed by atoms with E-state index < -0.39 is 11.9 Å². The number of aryl methyl sites for hydroxylation is 2. The molecule has 3 aromatic heterocycles. The first-order chi connectivity index (χ1) is 20.6. The molecule has 12 heteroatoms. The van der Waals surface area contributed by atoms with Gasteiger partial charge >= 0.3 is 6.18 Å². The van der Waals surface area contributed by atoms with Crippen molar-refractivity contribution in [1.29, 1.82) is 0 Å². The van der Waals surface area contributed by atoms with Gasteiger partial charge in [0, 0.05) is 49.3 Å². The SMILES string of the molecule is Cc1ccc2[nH]c3c(c2c1)CCN(CC1CNCCN1c1ccc(C)c(C(F)(F)F)n1)C3Cn1cc[n+](CC2OC2N)c1. The lowest BCUT2D eigenvalue weighted by Crippen LogP contribution is -2.57. The van der Waals surface area contributed by atoms with E-state index in [0.29, 0.717) is 38.5 Å². The Morgan fingerprint density at radius 3 is 2.77 bits per heavy atom. The highest BCUT2D eigenvalue weighted by atomic mass is 19.4. The number of hydrogen-bond donors (Lipinski definition) is 3. The van der Waals surface area contributed by atoms with Crippen molar-refractivity contribution in [3.63, 3.8) is 0 Å². The first kappa shape index (κ1) is 28.3. The van der Waals surface area contributed by atoms with Crippen molar-refractivity contribution in [1.82, 2.24) is 24.8 Å². The van der Waals surface area contributed by atoms with Crippen LogP contribution in [0.3, 0.4) is 0 Å². The minimum absolute atomic E-state index is 0.0381. The van der Waals surface area contributed by atoms with E-state index >= 15 is 0 Å². The summed E-state index contributed by atoms with van der Waals surface area (Å²) in [5, 5.41) is 4.74. The van der Waals surface area contributed by atoms with Crippen molar-refractivity contribution in [3.8, 4) is 0 Å². The quantitative estimate of drug-likeness (QED) is 0.225. The zero-order valence-corrected chi connectivity index (χ0v) is 24.4. The number of epoxide rings is 1. The van der Waals surface area contributed by atoms with Gasteiger partial charge in [0.05, 0.1) is 12.1 Å². The number of hydrogen-bond acceptors (Lipinski definition) is 6. The molecule has 3 aliphatic heterocycles. The van der Waals surface area contributed by atoms with Crippen LogP contribution in [0.1, 0.15) is 34.1 Å². The third-order valence-electron chi connectivity index (χ3n) is 9.10. The molecule has 2 fully saturated rings. The van der Waals surface area contributed by atoms with Gasteiger partial charge in [-0.05, 0) is 49.6 Å². The van der Waals surface area contributed by atoms with Gasteiger partial charge in [-0.3, -0.25) is 4.90 Å². The maximum atomic E-state index is 13.7. The molecule has 4 aromatic rings. The Kier molecular flexibility index (Phi) is 7.19. The molecule has 2 saturated heterocycles. The molecule has 0 radical (unpaired) electrons. The summed E-state index contributed by atoms with van der Waals surface area (Å²) in [6.45, 7) is 8.52.